The number of ketones is 1. The molecule has 1 aromatic rings. The largest absolute Gasteiger partial charge is 0.367 e. The van der Waals surface area contributed by atoms with Gasteiger partial charge in [-0.2, -0.15) is 0 Å². The van der Waals surface area contributed by atoms with E-state index in [9.17, 15) is 9.59 Å². The van der Waals surface area contributed by atoms with Crippen molar-refractivity contribution >= 4 is 17.5 Å². The standard InChI is InChI=1S/C19H27N3O2/c1-13(2)10-17(23)15-4-3-9-22(12-15)19(24)14-5-8-18(20-11-14)21-16-6-7-16/h5,8,11,13,15-16H,3-4,6-7,9-10,12H2,1-2H3,(H,20,21)/t15-/m0/s1. The third-order valence-electron chi connectivity index (χ3n) is 4.71. The summed E-state index contributed by atoms with van der Waals surface area (Å²) in [5.41, 5.74) is 0.605. The lowest BCUT2D eigenvalue weighted by atomic mass is 9.89. The number of carbonyl (C=O) groups excluding carboxylic acids is 2. The topological polar surface area (TPSA) is 62.3 Å². The number of pyridine rings is 1. The van der Waals surface area contributed by atoms with Crippen molar-refractivity contribution in [3.63, 3.8) is 0 Å². The van der Waals surface area contributed by atoms with Gasteiger partial charge in [-0.05, 0) is 43.7 Å². The number of aromatic nitrogens is 1. The van der Waals surface area contributed by atoms with Gasteiger partial charge in [0, 0.05) is 37.7 Å². The minimum Gasteiger partial charge on any atom is -0.367 e. The minimum absolute atomic E-state index is 0.00568. The van der Waals surface area contributed by atoms with Crippen molar-refractivity contribution in [1.29, 1.82) is 0 Å². The molecule has 0 aromatic carbocycles. The number of carbonyl (C=O) groups is 2. The van der Waals surface area contributed by atoms with Crippen LogP contribution >= 0.6 is 0 Å². The molecule has 1 saturated carbocycles. The van der Waals surface area contributed by atoms with Gasteiger partial charge in [0.15, 0.2) is 0 Å². The number of hydrogen-bond donors (Lipinski definition) is 1. The van der Waals surface area contributed by atoms with E-state index in [1.807, 2.05) is 17.0 Å². The first-order valence-electron chi connectivity index (χ1n) is 9.07. The molecule has 2 fully saturated rings. The van der Waals surface area contributed by atoms with E-state index in [2.05, 4.69) is 24.1 Å². The summed E-state index contributed by atoms with van der Waals surface area (Å²) in [7, 11) is 0. The summed E-state index contributed by atoms with van der Waals surface area (Å²) in [6.07, 6.45) is 6.44. The second-order valence-corrected chi connectivity index (χ2v) is 7.51. The highest BCUT2D eigenvalue weighted by Crippen LogP contribution is 2.24. The Morgan fingerprint density at radius 3 is 2.71 bits per heavy atom. The number of amides is 1. The number of anilines is 1. The van der Waals surface area contributed by atoms with Gasteiger partial charge in [-0.1, -0.05) is 13.8 Å². The third kappa shape index (κ3) is 4.34. The number of Topliss-reactive ketones (excluding diaryl/α,β-unsaturated/α-hetero) is 1. The highest BCUT2D eigenvalue weighted by molar-refractivity contribution is 5.94. The summed E-state index contributed by atoms with van der Waals surface area (Å²) >= 11 is 0. The normalized spacial score (nSPS) is 21.0. The summed E-state index contributed by atoms with van der Waals surface area (Å²) in [6, 6.07) is 4.25. The van der Waals surface area contributed by atoms with Gasteiger partial charge in [-0.3, -0.25) is 9.59 Å². The summed E-state index contributed by atoms with van der Waals surface area (Å²) in [5.74, 6) is 1.48. The Morgan fingerprint density at radius 2 is 2.08 bits per heavy atom. The zero-order valence-electron chi connectivity index (χ0n) is 14.6. The average molecular weight is 329 g/mol. The number of nitrogens with one attached hydrogen (secondary N) is 1. The third-order valence-corrected chi connectivity index (χ3v) is 4.71. The van der Waals surface area contributed by atoms with Crippen LogP contribution in [-0.2, 0) is 4.79 Å². The van der Waals surface area contributed by atoms with Gasteiger partial charge in [0.2, 0.25) is 0 Å². The summed E-state index contributed by atoms with van der Waals surface area (Å²) in [5, 5.41) is 3.32. The SMILES string of the molecule is CC(C)CC(=O)[C@H]1CCCN(C(=O)c2ccc(NC3CC3)nc2)C1. The van der Waals surface area contributed by atoms with Crippen LogP contribution in [0, 0.1) is 11.8 Å². The molecule has 2 heterocycles. The van der Waals surface area contributed by atoms with Crippen LogP contribution in [0.5, 0.6) is 0 Å². The first-order chi connectivity index (χ1) is 11.5. The lowest BCUT2D eigenvalue weighted by molar-refractivity contribution is -0.124. The van der Waals surface area contributed by atoms with Crippen LogP contribution in [0.2, 0.25) is 0 Å². The first-order valence-corrected chi connectivity index (χ1v) is 9.07. The Kier molecular flexibility index (Phi) is 5.17. The molecule has 5 nitrogen and oxygen atoms in total. The molecule has 5 heteroatoms. The van der Waals surface area contributed by atoms with Gasteiger partial charge in [-0.15, -0.1) is 0 Å². The van der Waals surface area contributed by atoms with Crippen molar-refractivity contribution in [3.8, 4) is 0 Å². The Labute approximate surface area is 143 Å². The fraction of sp³-hybridized carbons (Fsp3) is 0.632. The van der Waals surface area contributed by atoms with Crippen molar-refractivity contribution in [3.05, 3.63) is 23.9 Å². The molecule has 0 unspecified atom stereocenters. The van der Waals surface area contributed by atoms with Gasteiger partial charge in [0.05, 0.1) is 5.56 Å². The van der Waals surface area contributed by atoms with Crippen LogP contribution in [0.15, 0.2) is 18.3 Å². The lowest BCUT2D eigenvalue weighted by Gasteiger charge is -2.32. The van der Waals surface area contributed by atoms with Crippen LogP contribution in [0.25, 0.3) is 0 Å². The number of nitrogens with zero attached hydrogens (tertiary/aromatic N) is 2. The van der Waals surface area contributed by atoms with E-state index < -0.39 is 0 Å². The number of piperidine rings is 1. The van der Waals surface area contributed by atoms with Crippen LogP contribution < -0.4 is 5.32 Å². The fourth-order valence-corrected chi connectivity index (χ4v) is 3.22. The molecule has 130 valence electrons. The van der Waals surface area contributed by atoms with Gasteiger partial charge in [0.25, 0.3) is 5.91 Å². The maximum atomic E-state index is 12.7. The molecule has 1 amide bonds. The molecule has 2 aliphatic rings. The van der Waals surface area contributed by atoms with Gasteiger partial charge in [0.1, 0.15) is 11.6 Å². The predicted molar refractivity (Wildman–Crippen MR) is 94.0 cm³/mol. The van der Waals surface area contributed by atoms with Gasteiger partial charge in [-0.25, -0.2) is 4.98 Å². The molecule has 3 rings (SSSR count). The smallest absolute Gasteiger partial charge is 0.255 e. The lowest BCUT2D eigenvalue weighted by Crippen LogP contribution is -2.42. The van der Waals surface area contributed by atoms with Crippen molar-refractivity contribution < 1.29 is 9.59 Å². The molecule has 1 aromatic heterocycles. The molecule has 0 spiro atoms. The molecular weight excluding hydrogens is 302 g/mol. The molecule has 1 saturated heterocycles. The molecule has 1 aliphatic carbocycles. The fourth-order valence-electron chi connectivity index (χ4n) is 3.22. The van der Waals surface area contributed by atoms with E-state index in [4.69, 9.17) is 0 Å². The first kappa shape index (κ1) is 16.9. The molecule has 1 atom stereocenters. The Morgan fingerprint density at radius 1 is 1.29 bits per heavy atom. The molecule has 24 heavy (non-hydrogen) atoms. The summed E-state index contributed by atoms with van der Waals surface area (Å²) in [4.78, 5) is 31.2. The molecule has 0 bridgehead atoms. The second kappa shape index (κ2) is 7.32. The van der Waals surface area contributed by atoms with E-state index in [0.717, 1.165) is 25.2 Å². The van der Waals surface area contributed by atoms with E-state index in [0.29, 0.717) is 36.3 Å². The average Bonchev–Trinajstić information content (AvgIpc) is 3.38. The molecule has 1 aliphatic heterocycles. The van der Waals surface area contributed by atoms with Crippen LogP contribution in [0.3, 0.4) is 0 Å². The Balaban J connectivity index is 1.60. The minimum atomic E-state index is -0.0116. The van der Waals surface area contributed by atoms with Crippen LogP contribution in [0.1, 0.15) is 56.3 Å². The van der Waals surface area contributed by atoms with Gasteiger partial charge < -0.3 is 10.2 Å². The summed E-state index contributed by atoms with van der Waals surface area (Å²) in [6.45, 7) is 5.40. The highest BCUT2D eigenvalue weighted by Gasteiger charge is 2.29. The highest BCUT2D eigenvalue weighted by atomic mass is 16.2. The monoisotopic (exact) mass is 329 g/mol. The van der Waals surface area contributed by atoms with E-state index in [-0.39, 0.29) is 11.8 Å². The Hall–Kier alpha value is -1.91. The van der Waals surface area contributed by atoms with Crippen molar-refractivity contribution in [2.75, 3.05) is 18.4 Å². The predicted octanol–water partition coefficient (Wildman–Crippen LogP) is 3.12. The van der Waals surface area contributed by atoms with E-state index in [1.54, 1.807) is 6.20 Å². The zero-order valence-corrected chi connectivity index (χ0v) is 14.6. The van der Waals surface area contributed by atoms with Crippen molar-refractivity contribution in [2.45, 2.75) is 52.0 Å². The van der Waals surface area contributed by atoms with E-state index in [1.165, 1.54) is 12.8 Å². The molecule has 1 N–H and O–H groups in total. The second-order valence-electron chi connectivity index (χ2n) is 7.51. The quantitative estimate of drug-likeness (QED) is 0.871. The van der Waals surface area contributed by atoms with E-state index >= 15 is 0 Å². The number of rotatable bonds is 6. The van der Waals surface area contributed by atoms with Crippen LogP contribution in [0.4, 0.5) is 5.82 Å². The number of hydrogen-bond acceptors (Lipinski definition) is 4. The summed E-state index contributed by atoms with van der Waals surface area (Å²) < 4.78 is 0. The molecule has 0 radical (unpaired) electrons. The Bertz CT molecular complexity index is 593. The zero-order chi connectivity index (χ0) is 17.1. The van der Waals surface area contributed by atoms with Crippen molar-refractivity contribution in [2.24, 2.45) is 11.8 Å². The van der Waals surface area contributed by atoms with Gasteiger partial charge >= 0.3 is 0 Å². The van der Waals surface area contributed by atoms with Crippen molar-refractivity contribution in [1.82, 2.24) is 9.88 Å². The maximum Gasteiger partial charge on any atom is 0.255 e. The maximum absolute atomic E-state index is 12.7. The number of likely N-dealkylation sites (tertiary alicyclic amines) is 1. The van der Waals surface area contributed by atoms with Crippen LogP contribution in [-0.4, -0.2) is 40.7 Å². The molecular formula is C19H27N3O2.